The Labute approximate surface area is 434 Å². The molecule has 0 radical (unpaired) electrons. The Bertz CT molecular complexity index is 3880. The molecule has 0 N–H and O–H groups in total. The molecule has 3 aromatic heterocycles. The van der Waals surface area contributed by atoms with E-state index in [1.54, 1.807) is 0 Å². The van der Waals surface area contributed by atoms with Crippen LogP contribution in [0.3, 0.4) is 0 Å². The number of aromatic nitrogens is 3. The topological polar surface area (TPSA) is 14.8 Å². The van der Waals surface area contributed by atoms with E-state index in [9.17, 15) is 0 Å². The van der Waals surface area contributed by atoms with Gasteiger partial charge in [-0.3, -0.25) is 0 Å². The molecule has 0 unspecified atom stereocenters. The van der Waals surface area contributed by atoms with Gasteiger partial charge in [-0.1, -0.05) is 171 Å². The third-order valence-electron chi connectivity index (χ3n) is 16.1. The van der Waals surface area contributed by atoms with Gasteiger partial charge in [-0.15, -0.1) is 0 Å². The number of nitrogens with zero attached hydrogens (tertiary/aromatic N) is 3. The highest BCUT2D eigenvalue weighted by molar-refractivity contribution is 6.14. The highest BCUT2D eigenvalue weighted by Gasteiger charge is 2.30. The first kappa shape index (κ1) is 48.4. The summed E-state index contributed by atoms with van der Waals surface area (Å²) in [6.07, 6.45) is 0. The average molecular weight is 958 g/mol. The van der Waals surface area contributed by atoms with Crippen molar-refractivity contribution in [3.8, 4) is 28.2 Å². The van der Waals surface area contributed by atoms with Gasteiger partial charge in [0.1, 0.15) is 0 Å². The average Bonchev–Trinajstić information content (AvgIpc) is 3.94. The van der Waals surface area contributed by atoms with Crippen LogP contribution in [-0.2, 0) is 27.1 Å². The van der Waals surface area contributed by atoms with Gasteiger partial charge in [-0.05, 0) is 170 Å². The maximum atomic E-state index is 2.64. The zero-order valence-electron chi connectivity index (χ0n) is 46.7. The van der Waals surface area contributed by atoms with E-state index in [4.69, 9.17) is 0 Å². The van der Waals surface area contributed by atoms with E-state index in [-0.39, 0.29) is 27.1 Å². The Kier molecular flexibility index (Phi) is 10.8. The quantitative estimate of drug-likeness (QED) is 0.167. The summed E-state index contributed by atoms with van der Waals surface area (Å²) in [4.78, 5) is 0. The minimum Gasteiger partial charge on any atom is -0.307 e. The SMILES string of the molecule is Cc1cccc(C)c1-c1cc(-n2c3ccccc3c3cc(C(C)(C)C)ccc32)c(-n2c3ccc(C(C)(C)C)cc3c3cc(C(C)(C)C)ccc32)c(-n2c3ccc(C(C)(C)C)cc3c3cc(C(C)(C)C)ccc32)c1. The van der Waals surface area contributed by atoms with Crippen molar-refractivity contribution >= 4 is 65.4 Å². The van der Waals surface area contributed by atoms with Crippen LogP contribution in [0.25, 0.3) is 93.6 Å². The molecule has 0 aliphatic rings. The molecular weight excluding hydrogens is 883 g/mol. The lowest BCUT2D eigenvalue weighted by Gasteiger charge is -2.25. The number of aryl methyl sites for hydroxylation is 2. The van der Waals surface area contributed by atoms with Crippen LogP contribution in [0.5, 0.6) is 0 Å². The molecule has 0 atom stereocenters. The fourth-order valence-corrected chi connectivity index (χ4v) is 11.7. The smallest absolute Gasteiger partial charge is 0.0947 e. The van der Waals surface area contributed by atoms with Crippen LogP contribution >= 0.6 is 0 Å². The number of rotatable bonds is 4. The van der Waals surface area contributed by atoms with Crippen molar-refractivity contribution in [2.24, 2.45) is 0 Å². The molecule has 0 aliphatic carbocycles. The lowest BCUT2D eigenvalue weighted by molar-refractivity contribution is 0.590. The summed E-state index contributed by atoms with van der Waals surface area (Å²) in [5.41, 5.74) is 22.0. The van der Waals surface area contributed by atoms with Crippen LogP contribution in [0.2, 0.25) is 0 Å². The summed E-state index contributed by atoms with van der Waals surface area (Å²) >= 11 is 0. The second-order valence-electron chi connectivity index (χ2n) is 26.6. The number of hydrogen-bond donors (Lipinski definition) is 0. The summed E-state index contributed by atoms with van der Waals surface area (Å²) < 4.78 is 7.86. The van der Waals surface area contributed by atoms with Crippen molar-refractivity contribution in [3.63, 3.8) is 0 Å². The Balaban J connectivity index is 1.43. The fourth-order valence-electron chi connectivity index (χ4n) is 11.7. The molecule has 3 nitrogen and oxygen atoms in total. The molecule has 0 fully saturated rings. The standard InChI is InChI=1S/C70H75N3/c1-42-21-20-22-43(2)64(42)44-35-62(71-56-24-19-18-23-50(56)51-37-45(66(3,4)5)25-30-57(51)71)65(73-60-33-28-48(69(12,13)14)40-54(60)55-41-49(70(15,16)17)29-34-61(55)73)63(36-44)72-58-31-26-46(67(6,7)8)38-52(58)53-39-47(68(9,10)11)27-32-59(53)72/h18-41H,1-17H3. The first-order valence-corrected chi connectivity index (χ1v) is 26.7. The molecule has 11 rings (SSSR count). The predicted molar refractivity (Wildman–Crippen MR) is 318 cm³/mol. The summed E-state index contributed by atoms with van der Waals surface area (Å²) in [5.74, 6) is 0. The van der Waals surface area contributed by atoms with E-state index in [0.29, 0.717) is 0 Å². The molecule has 0 spiro atoms. The van der Waals surface area contributed by atoms with Crippen LogP contribution in [-0.4, -0.2) is 13.7 Å². The van der Waals surface area contributed by atoms with Crippen molar-refractivity contribution < 1.29 is 0 Å². The lowest BCUT2D eigenvalue weighted by atomic mass is 9.85. The van der Waals surface area contributed by atoms with Crippen LogP contribution < -0.4 is 0 Å². The Morgan fingerprint density at radius 3 is 0.890 bits per heavy atom. The molecule has 3 heteroatoms. The summed E-state index contributed by atoms with van der Waals surface area (Å²) in [7, 11) is 0. The van der Waals surface area contributed by atoms with Gasteiger partial charge < -0.3 is 13.7 Å². The lowest BCUT2D eigenvalue weighted by Crippen LogP contribution is -2.12. The number of para-hydroxylation sites is 1. The molecular formula is C70H75N3. The molecule has 0 bridgehead atoms. The molecule has 0 saturated carbocycles. The highest BCUT2D eigenvalue weighted by Crippen LogP contribution is 2.48. The van der Waals surface area contributed by atoms with Gasteiger partial charge in [0.15, 0.2) is 0 Å². The maximum Gasteiger partial charge on any atom is 0.0947 e. The van der Waals surface area contributed by atoms with Gasteiger partial charge in [0, 0.05) is 32.3 Å². The summed E-state index contributed by atoms with van der Waals surface area (Å²) in [6.45, 7) is 39.5. The van der Waals surface area contributed by atoms with Crippen LogP contribution in [0.4, 0.5) is 0 Å². The van der Waals surface area contributed by atoms with Gasteiger partial charge in [-0.25, -0.2) is 0 Å². The zero-order chi connectivity index (χ0) is 52.1. The van der Waals surface area contributed by atoms with E-state index in [1.807, 2.05) is 0 Å². The highest BCUT2D eigenvalue weighted by atomic mass is 15.1. The molecule has 0 aliphatic heterocycles. The first-order valence-electron chi connectivity index (χ1n) is 26.7. The maximum absolute atomic E-state index is 2.64. The number of fused-ring (bicyclic) bond motifs is 9. The van der Waals surface area contributed by atoms with Crippen LogP contribution in [0.15, 0.2) is 146 Å². The Morgan fingerprint density at radius 1 is 0.274 bits per heavy atom. The minimum absolute atomic E-state index is 0.0188. The first-order chi connectivity index (χ1) is 34.2. The van der Waals surface area contributed by atoms with Gasteiger partial charge in [-0.2, -0.15) is 0 Å². The monoisotopic (exact) mass is 958 g/mol. The van der Waals surface area contributed by atoms with Gasteiger partial charge in [0.2, 0.25) is 0 Å². The van der Waals surface area contributed by atoms with Crippen molar-refractivity contribution in [1.29, 1.82) is 0 Å². The zero-order valence-corrected chi connectivity index (χ0v) is 46.7. The Morgan fingerprint density at radius 2 is 0.562 bits per heavy atom. The van der Waals surface area contributed by atoms with Crippen molar-refractivity contribution in [1.82, 2.24) is 13.7 Å². The van der Waals surface area contributed by atoms with E-state index in [2.05, 4.69) is 277 Å². The van der Waals surface area contributed by atoms with Crippen molar-refractivity contribution in [3.05, 3.63) is 185 Å². The molecule has 8 aromatic carbocycles. The van der Waals surface area contributed by atoms with E-state index >= 15 is 0 Å². The minimum atomic E-state index is -0.0384. The van der Waals surface area contributed by atoms with Gasteiger partial charge >= 0.3 is 0 Å². The molecule has 0 saturated heterocycles. The van der Waals surface area contributed by atoms with E-state index in [1.165, 1.54) is 115 Å². The molecule has 0 amide bonds. The normalized spacial score (nSPS) is 13.3. The second-order valence-corrected chi connectivity index (χ2v) is 26.6. The number of hydrogen-bond acceptors (Lipinski definition) is 0. The van der Waals surface area contributed by atoms with Gasteiger partial charge in [0.05, 0.1) is 50.2 Å². The molecule has 370 valence electrons. The van der Waals surface area contributed by atoms with E-state index in [0.717, 1.165) is 17.1 Å². The molecule has 11 aromatic rings. The third-order valence-corrected chi connectivity index (χ3v) is 16.1. The number of benzene rings is 8. The fraction of sp³-hybridized carbons (Fsp3) is 0.314. The summed E-state index contributed by atoms with van der Waals surface area (Å²) in [5, 5.41) is 7.61. The second kappa shape index (κ2) is 16.3. The van der Waals surface area contributed by atoms with Crippen LogP contribution in [0.1, 0.15) is 143 Å². The van der Waals surface area contributed by atoms with Crippen molar-refractivity contribution in [2.75, 3.05) is 0 Å². The molecule has 73 heavy (non-hydrogen) atoms. The van der Waals surface area contributed by atoms with Crippen molar-refractivity contribution in [2.45, 2.75) is 145 Å². The predicted octanol–water partition coefficient (Wildman–Crippen LogP) is 19.7. The van der Waals surface area contributed by atoms with E-state index < -0.39 is 0 Å². The summed E-state index contributed by atoms with van der Waals surface area (Å²) in [6, 6.07) is 57.2. The van der Waals surface area contributed by atoms with Gasteiger partial charge in [0.25, 0.3) is 0 Å². The molecule has 3 heterocycles. The largest absolute Gasteiger partial charge is 0.307 e. The Hall–Kier alpha value is -6.84. The third kappa shape index (κ3) is 7.92. The van der Waals surface area contributed by atoms with Crippen LogP contribution in [0, 0.1) is 13.8 Å².